The molecule has 0 aromatic carbocycles. The third-order valence-corrected chi connectivity index (χ3v) is 2.87. The Labute approximate surface area is 83.3 Å². The first-order chi connectivity index (χ1) is 6.81. The number of hydrogen-bond acceptors (Lipinski definition) is 3. The van der Waals surface area contributed by atoms with E-state index in [1.807, 2.05) is 6.19 Å². The van der Waals surface area contributed by atoms with Gasteiger partial charge in [0.1, 0.15) is 0 Å². The predicted octanol–water partition coefficient (Wildman–Crippen LogP) is 1.84. The van der Waals surface area contributed by atoms with Gasteiger partial charge >= 0.3 is 0 Å². The van der Waals surface area contributed by atoms with Gasteiger partial charge < -0.3 is 5.73 Å². The lowest BCUT2D eigenvalue weighted by Crippen LogP contribution is -2.07. The maximum absolute atomic E-state index is 8.67. The van der Waals surface area contributed by atoms with Gasteiger partial charge in [-0.2, -0.15) is 15.0 Å². The Morgan fingerprint density at radius 1 is 1.43 bits per heavy atom. The molecule has 0 bridgehead atoms. The summed E-state index contributed by atoms with van der Waals surface area (Å²) in [6.45, 7) is 0. The summed E-state index contributed by atoms with van der Waals surface area (Å²) in [5.41, 5.74) is 7.40. The minimum atomic E-state index is 0.471. The van der Waals surface area contributed by atoms with Gasteiger partial charge in [-0.25, -0.2) is 0 Å². The fourth-order valence-corrected chi connectivity index (χ4v) is 2.15. The minimum absolute atomic E-state index is 0.471. The highest BCUT2D eigenvalue weighted by Crippen LogP contribution is 2.34. The van der Waals surface area contributed by atoms with Gasteiger partial charge in [0.25, 0.3) is 0 Å². The molecule has 0 amide bonds. The molecule has 2 rings (SSSR count). The number of aromatic nitrogens is 2. The maximum Gasteiger partial charge on any atom is 0.206 e. The summed E-state index contributed by atoms with van der Waals surface area (Å²) in [6, 6.07) is 0. The van der Waals surface area contributed by atoms with Crippen molar-refractivity contribution >= 4 is 5.69 Å². The molecule has 14 heavy (non-hydrogen) atoms. The largest absolute Gasteiger partial charge is 0.396 e. The number of rotatable bonds is 1. The van der Waals surface area contributed by atoms with E-state index in [2.05, 4.69) is 5.10 Å². The zero-order valence-corrected chi connectivity index (χ0v) is 8.11. The second-order valence-electron chi connectivity index (χ2n) is 3.85. The average molecular weight is 190 g/mol. The van der Waals surface area contributed by atoms with Crippen molar-refractivity contribution in [2.75, 3.05) is 5.73 Å². The van der Waals surface area contributed by atoms with E-state index >= 15 is 0 Å². The van der Waals surface area contributed by atoms with E-state index in [0.717, 1.165) is 18.5 Å². The highest BCUT2D eigenvalue weighted by atomic mass is 15.3. The number of nitrogens with zero attached hydrogens (tertiary/aromatic N) is 3. The maximum atomic E-state index is 8.67. The quantitative estimate of drug-likeness (QED) is 0.734. The van der Waals surface area contributed by atoms with Crippen LogP contribution in [-0.2, 0) is 0 Å². The summed E-state index contributed by atoms with van der Waals surface area (Å²) >= 11 is 0. The molecular weight excluding hydrogens is 176 g/mol. The molecule has 0 atom stereocenters. The summed E-state index contributed by atoms with van der Waals surface area (Å²) in [5, 5.41) is 12.9. The Morgan fingerprint density at radius 2 is 2.14 bits per heavy atom. The van der Waals surface area contributed by atoms with Crippen LogP contribution < -0.4 is 5.73 Å². The van der Waals surface area contributed by atoms with Crippen LogP contribution in [0, 0.1) is 11.5 Å². The van der Waals surface area contributed by atoms with Crippen molar-refractivity contribution in [2.45, 2.75) is 38.0 Å². The molecule has 0 spiro atoms. The van der Waals surface area contributed by atoms with Crippen molar-refractivity contribution in [3.63, 3.8) is 0 Å². The molecular formula is C10H14N4. The molecule has 1 aromatic rings. The van der Waals surface area contributed by atoms with Crippen molar-refractivity contribution in [3.05, 3.63) is 11.9 Å². The number of nitriles is 1. The normalized spacial score (nSPS) is 17.9. The van der Waals surface area contributed by atoms with Crippen LogP contribution >= 0.6 is 0 Å². The molecule has 1 aromatic heterocycles. The van der Waals surface area contributed by atoms with E-state index in [4.69, 9.17) is 11.0 Å². The highest BCUT2D eigenvalue weighted by Gasteiger charge is 2.20. The van der Waals surface area contributed by atoms with Crippen LogP contribution in [0.25, 0.3) is 0 Å². The lowest BCUT2D eigenvalue weighted by Gasteiger charge is -2.19. The van der Waals surface area contributed by atoms with E-state index < -0.39 is 0 Å². The highest BCUT2D eigenvalue weighted by molar-refractivity contribution is 5.43. The van der Waals surface area contributed by atoms with Gasteiger partial charge in [0, 0.05) is 5.92 Å². The summed E-state index contributed by atoms with van der Waals surface area (Å²) in [6.07, 6.45) is 9.69. The Balaban J connectivity index is 2.22. The van der Waals surface area contributed by atoms with E-state index in [1.165, 1.54) is 23.9 Å². The molecule has 4 nitrogen and oxygen atoms in total. The number of nitrogens with two attached hydrogens (primary N) is 1. The molecule has 1 aliphatic rings. The Hall–Kier alpha value is -1.50. The van der Waals surface area contributed by atoms with Crippen LogP contribution in [0.5, 0.6) is 0 Å². The number of nitrogen functional groups attached to an aromatic ring is 1. The Bertz CT molecular complexity index is 355. The van der Waals surface area contributed by atoms with Gasteiger partial charge in [-0.3, -0.25) is 0 Å². The van der Waals surface area contributed by atoms with Crippen molar-refractivity contribution in [1.82, 2.24) is 9.78 Å². The average Bonchev–Trinajstić information content (AvgIpc) is 2.61. The van der Waals surface area contributed by atoms with Crippen molar-refractivity contribution in [3.8, 4) is 6.19 Å². The van der Waals surface area contributed by atoms with E-state index in [0.29, 0.717) is 11.6 Å². The lowest BCUT2D eigenvalue weighted by molar-refractivity contribution is 0.436. The van der Waals surface area contributed by atoms with Crippen LogP contribution in [-0.4, -0.2) is 9.78 Å². The van der Waals surface area contributed by atoms with Crippen molar-refractivity contribution < 1.29 is 0 Å². The fraction of sp³-hybridized carbons (Fsp3) is 0.600. The second kappa shape index (κ2) is 3.70. The third kappa shape index (κ3) is 1.58. The molecule has 0 aliphatic heterocycles. The predicted molar refractivity (Wildman–Crippen MR) is 53.5 cm³/mol. The van der Waals surface area contributed by atoms with Crippen molar-refractivity contribution in [1.29, 1.82) is 5.26 Å². The summed E-state index contributed by atoms with van der Waals surface area (Å²) in [5.74, 6) is 0.471. The van der Waals surface area contributed by atoms with Gasteiger partial charge in [0.15, 0.2) is 0 Å². The Kier molecular flexibility index (Phi) is 2.40. The summed E-state index contributed by atoms with van der Waals surface area (Å²) in [7, 11) is 0. The lowest BCUT2D eigenvalue weighted by atomic mass is 9.86. The molecule has 1 fully saturated rings. The SMILES string of the molecule is N#Cn1cc(N)c(C2CCCCC2)n1. The molecule has 0 saturated heterocycles. The molecule has 74 valence electrons. The first-order valence-corrected chi connectivity index (χ1v) is 5.06. The van der Waals surface area contributed by atoms with Crippen LogP contribution in [0.4, 0.5) is 5.69 Å². The standard InChI is InChI=1S/C10H14N4/c11-7-14-6-9(12)10(13-14)8-4-2-1-3-5-8/h6,8H,1-5,12H2. The summed E-state index contributed by atoms with van der Waals surface area (Å²) < 4.78 is 1.25. The molecule has 4 heteroatoms. The van der Waals surface area contributed by atoms with E-state index in [1.54, 1.807) is 6.20 Å². The molecule has 1 aliphatic carbocycles. The second-order valence-corrected chi connectivity index (χ2v) is 3.85. The van der Waals surface area contributed by atoms with Crippen LogP contribution in [0.2, 0.25) is 0 Å². The first-order valence-electron chi connectivity index (χ1n) is 5.06. The molecule has 2 N–H and O–H groups in total. The van der Waals surface area contributed by atoms with Gasteiger partial charge in [0.2, 0.25) is 6.19 Å². The zero-order chi connectivity index (χ0) is 9.97. The van der Waals surface area contributed by atoms with Crippen LogP contribution in [0.3, 0.4) is 0 Å². The van der Waals surface area contributed by atoms with E-state index in [-0.39, 0.29) is 0 Å². The topological polar surface area (TPSA) is 67.6 Å². The van der Waals surface area contributed by atoms with Crippen LogP contribution in [0.15, 0.2) is 6.20 Å². The third-order valence-electron chi connectivity index (χ3n) is 2.87. The number of anilines is 1. The zero-order valence-electron chi connectivity index (χ0n) is 8.11. The van der Waals surface area contributed by atoms with E-state index in [9.17, 15) is 0 Å². The Morgan fingerprint density at radius 3 is 2.71 bits per heavy atom. The fourth-order valence-electron chi connectivity index (χ4n) is 2.15. The molecule has 1 saturated carbocycles. The molecule has 0 radical (unpaired) electrons. The van der Waals surface area contributed by atoms with Gasteiger partial charge in [-0.05, 0) is 12.8 Å². The monoisotopic (exact) mass is 190 g/mol. The van der Waals surface area contributed by atoms with Crippen molar-refractivity contribution in [2.24, 2.45) is 0 Å². The first kappa shape index (κ1) is 9.07. The summed E-state index contributed by atoms with van der Waals surface area (Å²) in [4.78, 5) is 0. The molecule has 1 heterocycles. The minimum Gasteiger partial charge on any atom is -0.396 e. The van der Waals surface area contributed by atoms with Gasteiger partial charge in [-0.15, -0.1) is 0 Å². The van der Waals surface area contributed by atoms with Gasteiger partial charge in [-0.1, -0.05) is 19.3 Å². The van der Waals surface area contributed by atoms with Gasteiger partial charge in [0.05, 0.1) is 17.6 Å². The smallest absolute Gasteiger partial charge is 0.206 e. The molecule has 0 unspecified atom stereocenters. The number of hydrogen-bond donors (Lipinski definition) is 1. The van der Waals surface area contributed by atoms with Crippen LogP contribution in [0.1, 0.15) is 43.7 Å².